The molecule has 92 valence electrons. The van der Waals surface area contributed by atoms with Gasteiger partial charge >= 0.3 is 0 Å². The van der Waals surface area contributed by atoms with Crippen LogP contribution in [0.5, 0.6) is 5.75 Å². The number of phenolic OH excluding ortho intramolecular Hbond substituents is 1. The van der Waals surface area contributed by atoms with Crippen molar-refractivity contribution in [3.8, 4) is 5.75 Å². The summed E-state index contributed by atoms with van der Waals surface area (Å²) < 4.78 is 0. The van der Waals surface area contributed by atoms with Gasteiger partial charge in [0.2, 0.25) is 0 Å². The Balaban J connectivity index is 2.26. The quantitative estimate of drug-likeness (QED) is 0.840. The molecule has 2 aromatic rings. The van der Waals surface area contributed by atoms with E-state index in [4.69, 9.17) is 5.73 Å². The molecule has 1 heterocycles. The predicted octanol–water partition coefficient (Wildman–Crippen LogP) is 1.65. The van der Waals surface area contributed by atoms with Gasteiger partial charge in [0.15, 0.2) is 0 Å². The SMILES string of the molecule is CN(C(=O)c1cncc(N)c1)c1ccc(O)cc1. The number of pyridine rings is 1. The predicted molar refractivity (Wildman–Crippen MR) is 69.5 cm³/mol. The summed E-state index contributed by atoms with van der Waals surface area (Å²) in [5.41, 5.74) is 7.14. The van der Waals surface area contributed by atoms with Crippen LogP contribution in [0.25, 0.3) is 0 Å². The fourth-order valence-corrected chi connectivity index (χ4v) is 1.56. The number of carbonyl (C=O) groups is 1. The van der Waals surface area contributed by atoms with E-state index in [1.807, 2.05) is 0 Å². The zero-order valence-corrected chi connectivity index (χ0v) is 9.87. The summed E-state index contributed by atoms with van der Waals surface area (Å²) in [6.07, 6.45) is 2.95. The van der Waals surface area contributed by atoms with Crippen LogP contribution in [0, 0.1) is 0 Å². The first-order valence-electron chi connectivity index (χ1n) is 5.35. The van der Waals surface area contributed by atoms with Gasteiger partial charge in [0, 0.05) is 25.1 Å². The maximum absolute atomic E-state index is 12.2. The van der Waals surface area contributed by atoms with Gasteiger partial charge in [-0.15, -0.1) is 0 Å². The van der Waals surface area contributed by atoms with E-state index in [-0.39, 0.29) is 11.7 Å². The van der Waals surface area contributed by atoms with Crippen LogP contribution in [0.3, 0.4) is 0 Å². The average Bonchev–Trinajstić information content (AvgIpc) is 2.38. The Bertz CT molecular complexity index is 567. The van der Waals surface area contributed by atoms with Gasteiger partial charge in [-0.3, -0.25) is 9.78 Å². The van der Waals surface area contributed by atoms with Gasteiger partial charge < -0.3 is 15.7 Å². The third-order valence-electron chi connectivity index (χ3n) is 2.55. The van der Waals surface area contributed by atoms with E-state index in [0.717, 1.165) is 0 Å². The van der Waals surface area contributed by atoms with Gasteiger partial charge in [0.25, 0.3) is 5.91 Å². The summed E-state index contributed by atoms with van der Waals surface area (Å²) in [6.45, 7) is 0. The highest BCUT2D eigenvalue weighted by Crippen LogP contribution is 2.19. The van der Waals surface area contributed by atoms with Gasteiger partial charge in [0.05, 0.1) is 11.3 Å². The number of phenols is 1. The molecule has 2 rings (SSSR count). The van der Waals surface area contributed by atoms with Crippen LogP contribution < -0.4 is 10.6 Å². The van der Waals surface area contributed by atoms with E-state index in [1.165, 1.54) is 29.4 Å². The lowest BCUT2D eigenvalue weighted by Gasteiger charge is -2.17. The summed E-state index contributed by atoms with van der Waals surface area (Å²) in [5, 5.41) is 9.20. The lowest BCUT2D eigenvalue weighted by molar-refractivity contribution is 0.0992. The normalized spacial score (nSPS) is 10.1. The van der Waals surface area contributed by atoms with E-state index in [0.29, 0.717) is 16.9 Å². The van der Waals surface area contributed by atoms with Crippen LogP contribution in [-0.4, -0.2) is 23.0 Å². The van der Waals surface area contributed by atoms with Gasteiger partial charge in [0.1, 0.15) is 5.75 Å². The van der Waals surface area contributed by atoms with Crippen molar-refractivity contribution in [2.24, 2.45) is 0 Å². The summed E-state index contributed by atoms with van der Waals surface area (Å²) >= 11 is 0. The number of aromatic hydroxyl groups is 1. The Morgan fingerprint density at radius 3 is 2.56 bits per heavy atom. The van der Waals surface area contributed by atoms with Crippen molar-refractivity contribution >= 4 is 17.3 Å². The molecule has 0 atom stereocenters. The topological polar surface area (TPSA) is 79.5 Å². The molecule has 1 aromatic heterocycles. The number of aromatic nitrogens is 1. The second-order valence-electron chi connectivity index (χ2n) is 3.89. The van der Waals surface area contributed by atoms with Crippen LogP contribution in [0.4, 0.5) is 11.4 Å². The molecule has 0 bridgehead atoms. The van der Waals surface area contributed by atoms with Crippen molar-refractivity contribution in [3.05, 3.63) is 48.3 Å². The molecule has 5 nitrogen and oxygen atoms in total. The Morgan fingerprint density at radius 1 is 1.28 bits per heavy atom. The van der Waals surface area contributed by atoms with Crippen molar-refractivity contribution in [2.45, 2.75) is 0 Å². The largest absolute Gasteiger partial charge is 0.508 e. The van der Waals surface area contributed by atoms with Crippen LogP contribution >= 0.6 is 0 Å². The molecule has 0 saturated heterocycles. The smallest absolute Gasteiger partial charge is 0.259 e. The Kier molecular flexibility index (Phi) is 3.14. The number of nitrogens with zero attached hydrogens (tertiary/aromatic N) is 2. The summed E-state index contributed by atoms with van der Waals surface area (Å²) in [4.78, 5) is 17.5. The molecule has 5 heteroatoms. The number of carbonyl (C=O) groups excluding carboxylic acids is 1. The van der Waals surface area contributed by atoms with Crippen molar-refractivity contribution in [1.82, 2.24) is 4.98 Å². The van der Waals surface area contributed by atoms with E-state index in [9.17, 15) is 9.90 Å². The highest BCUT2D eigenvalue weighted by molar-refractivity contribution is 6.05. The van der Waals surface area contributed by atoms with Gasteiger partial charge in [-0.05, 0) is 30.3 Å². The molecule has 18 heavy (non-hydrogen) atoms. The fraction of sp³-hybridized carbons (Fsp3) is 0.0769. The monoisotopic (exact) mass is 243 g/mol. The third-order valence-corrected chi connectivity index (χ3v) is 2.55. The molecule has 3 N–H and O–H groups in total. The summed E-state index contributed by atoms with van der Waals surface area (Å²) in [7, 11) is 1.65. The van der Waals surface area contributed by atoms with Crippen molar-refractivity contribution in [3.63, 3.8) is 0 Å². The fourth-order valence-electron chi connectivity index (χ4n) is 1.56. The molecule has 0 spiro atoms. The van der Waals surface area contributed by atoms with Crippen molar-refractivity contribution < 1.29 is 9.90 Å². The molecule has 0 aliphatic carbocycles. The molecule has 1 aromatic carbocycles. The molecular weight excluding hydrogens is 230 g/mol. The first kappa shape index (κ1) is 11.9. The zero-order valence-electron chi connectivity index (χ0n) is 9.87. The molecule has 0 aliphatic heterocycles. The number of amides is 1. The average molecular weight is 243 g/mol. The molecule has 0 aliphatic rings. The summed E-state index contributed by atoms with van der Waals surface area (Å²) in [5.74, 6) is -0.0503. The van der Waals surface area contributed by atoms with E-state index < -0.39 is 0 Å². The molecular formula is C13H13N3O2. The maximum Gasteiger partial charge on any atom is 0.259 e. The van der Waals surface area contributed by atoms with Gasteiger partial charge in [-0.25, -0.2) is 0 Å². The third kappa shape index (κ3) is 2.40. The number of benzene rings is 1. The second kappa shape index (κ2) is 4.75. The number of rotatable bonds is 2. The highest BCUT2D eigenvalue weighted by atomic mass is 16.3. The van der Waals surface area contributed by atoms with Crippen LogP contribution in [0.15, 0.2) is 42.7 Å². The van der Waals surface area contributed by atoms with E-state index >= 15 is 0 Å². The number of hydrogen-bond donors (Lipinski definition) is 2. The number of hydrogen-bond acceptors (Lipinski definition) is 4. The first-order valence-corrected chi connectivity index (χ1v) is 5.35. The molecule has 0 radical (unpaired) electrons. The Morgan fingerprint density at radius 2 is 1.94 bits per heavy atom. The Hall–Kier alpha value is -2.56. The van der Waals surface area contributed by atoms with Crippen LogP contribution in [0.2, 0.25) is 0 Å². The number of nitrogen functional groups attached to an aromatic ring is 1. The van der Waals surface area contributed by atoms with Gasteiger partial charge in [-0.1, -0.05) is 0 Å². The van der Waals surface area contributed by atoms with E-state index in [1.54, 1.807) is 25.2 Å². The van der Waals surface area contributed by atoms with Crippen molar-refractivity contribution in [1.29, 1.82) is 0 Å². The summed E-state index contributed by atoms with van der Waals surface area (Å²) in [6, 6.07) is 7.94. The first-order chi connectivity index (χ1) is 8.58. The molecule has 0 saturated carbocycles. The molecule has 1 amide bonds. The standard InChI is InChI=1S/C13H13N3O2/c1-16(11-2-4-12(17)5-3-11)13(18)9-6-10(14)8-15-7-9/h2-8,17H,14H2,1H3. The van der Waals surface area contributed by atoms with Crippen LogP contribution in [0.1, 0.15) is 10.4 Å². The van der Waals surface area contributed by atoms with Crippen LogP contribution in [-0.2, 0) is 0 Å². The lowest BCUT2D eigenvalue weighted by Crippen LogP contribution is -2.26. The lowest BCUT2D eigenvalue weighted by atomic mass is 10.2. The molecule has 0 fully saturated rings. The zero-order chi connectivity index (χ0) is 13.1. The second-order valence-corrected chi connectivity index (χ2v) is 3.89. The minimum atomic E-state index is -0.208. The minimum Gasteiger partial charge on any atom is -0.508 e. The molecule has 0 unspecified atom stereocenters. The number of anilines is 2. The number of nitrogens with two attached hydrogens (primary N) is 1. The minimum absolute atomic E-state index is 0.158. The Labute approximate surface area is 104 Å². The van der Waals surface area contributed by atoms with E-state index in [2.05, 4.69) is 4.98 Å². The van der Waals surface area contributed by atoms with Gasteiger partial charge in [-0.2, -0.15) is 0 Å². The van der Waals surface area contributed by atoms with Crippen molar-refractivity contribution in [2.75, 3.05) is 17.7 Å². The maximum atomic E-state index is 12.2. The highest BCUT2D eigenvalue weighted by Gasteiger charge is 2.13.